The molecule has 2 N–H and O–H groups in total. The second-order valence-corrected chi connectivity index (χ2v) is 8.16. The first-order valence-corrected chi connectivity index (χ1v) is 10.7. The van der Waals surface area contributed by atoms with Gasteiger partial charge in [0.25, 0.3) is 0 Å². The van der Waals surface area contributed by atoms with Crippen LogP contribution in [0.25, 0.3) is 0 Å². The number of piperidine rings is 1. The highest BCUT2D eigenvalue weighted by Crippen LogP contribution is 2.18. The average molecular weight is 388 g/mol. The van der Waals surface area contributed by atoms with Gasteiger partial charge in [-0.25, -0.2) is 4.98 Å². The molecule has 3 heterocycles. The van der Waals surface area contributed by atoms with Crippen LogP contribution in [-0.4, -0.2) is 92.7 Å². The molecule has 1 unspecified atom stereocenters. The lowest BCUT2D eigenvalue weighted by atomic mass is 10.1. The number of rotatable bonds is 5. The van der Waals surface area contributed by atoms with E-state index in [1.165, 1.54) is 0 Å². The molecule has 0 amide bonds. The first-order chi connectivity index (χ1) is 13.5. The van der Waals surface area contributed by atoms with E-state index in [4.69, 9.17) is 4.99 Å². The van der Waals surface area contributed by atoms with Crippen molar-refractivity contribution in [3.63, 3.8) is 0 Å². The third-order valence-corrected chi connectivity index (χ3v) is 5.82. The molecule has 2 saturated heterocycles. The van der Waals surface area contributed by atoms with Gasteiger partial charge in [-0.3, -0.25) is 9.89 Å². The molecule has 0 aliphatic carbocycles. The number of nitrogens with zero attached hydrogens (tertiary/aromatic N) is 5. The highest BCUT2D eigenvalue weighted by Gasteiger charge is 2.23. The molecule has 28 heavy (non-hydrogen) atoms. The van der Waals surface area contributed by atoms with Gasteiger partial charge in [-0.15, -0.1) is 0 Å². The van der Waals surface area contributed by atoms with Gasteiger partial charge >= 0.3 is 0 Å². The van der Waals surface area contributed by atoms with Crippen LogP contribution in [0.2, 0.25) is 0 Å². The molecule has 3 rings (SSSR count). The largest absolute Gasteiger partial charge is 0.357 e. The Morgan fingerprint density at radius 3 is 2.68 bits per heavy atom. The molecule has 0 radical (unpaired) electrons. The lowest BCUT2D eigenvalue weighted by Gasteiger charge is -2.37. The molecule has 2 aliphatic rings. The predicted octanol–water partition coefficient (Wildman–Crippen LogP) is 1.16. The highest BCUT2D eigenvalue weighted by molar-refractivity contribution is 5.80. The van der Waals surface area contributed by atoms with Crippen LogP contribution in [0.5, 0.6) is 0 Å². The lowest BCUT2D eigenvalue weighted by molar-refractivity contribution is 0.119. The topological polar surface area (TPSA) is 59.0 Å². The number of piperazine rings is 1. The Kier molecular flexibility index (Phi) is 7.50. The fourth-order valence-corrected chi connectivity index (χ4v) is 3.97. The van der Waals surface area contributed by atoms with Crippen LogP contribution in [0.1, 0.15) is 25.5 Å². The molecule has 1 aromatic rings. The third kappa shape index (κ3) is 5.82. The van der Waals surface area contributed by atoms with Gasteiger partial charge in [0, 0.05) is 57.0 Å². The molecular formula is C21H37N7. The summed E-state index contributed by atoms with van der Waals surface area (Å²) in [4.78, 5) is 16.8. The van der Waals surface area contributed by atoms with Gasteiger partial charge < -0.3 is 20.4 Å². The summed E-state index contributed by atoms with van der Waals surface area (Å²) >= 11 is 0. The van der Waals surface area contributed by atoms with Crippen LogP contribution in [0, 0.1) is 6.92 Å². The number of guanidine groups is 1. The van der Waals surface area contributed by atoms with Crippen LogP contribution >= 0.6 is 0 Å². The van der Waals surface area contributed by atoms with E-state index in [1.54, 1.807) is 0 Å². The van der Waals surface area contributed by atoms with Crippen molar-refractivity contribution < 1.29 is 0 Å². The molecule has 156 valence electrons. The van der Waals surface area contributed by atoms with Gasteiger partial charge in [0.05, 0.1) is 6.54 Å². The number of likely N-dealkylation sites (N-methyl/N-ethyl adjacent to an activating group) is 2. The van der Waals surface area contributed by atoms with E-state index >= 15 is 0 Å². The predicted molar refractivity (Wildman–Crippen MR) is 117 cm³/mol. The van der Waals surface area contributed by atoms with Crippen molar-refractivity contribution in [1.29, 1.82) is 0 Å². The van der Waals surface area contributed by atoms with E-state index in [0.29, 0.717) is 12.1 Å². The average Bonchev–Trinajstić information content (AvgIpc) is 2.69. The molecule has 0 spiro atoms. The fraction of sp³-hybridized carbons (Fsp3) is 0.714. The maximum atomic E-state index is 4.91. The summed E-state index contributed by atoms with van der Waals surface area (Å²) in [5, 5.41) is 7.09. The number of aromatic nitrogens is 1. The van der Waals surface area contributed by atoms with Crippen LogP contribution < -0.4 is 15.5 Å². The number of pyridine rings is 1. The third-order valence-electron chi connectivity index (χ3n) is 5.82. The number of aryl methyl sites for hydroxylation is 1. The van der Waals surface area contributed by atoms with E-state index in [2.05, 4.69) is 76.5 Å². The monoisotopic (exact) mass is 387 g/mol. The van der Waals surface area contributed by atoms with Crippen molar-refractivity contribution in [1.82, 2.24) is 25.4 Å². The highest BCUT2D eigenvalue weighted by atomic mass is 15.3. The van der Waals surface area contributed by atoms with Crippen molar-refractivity contribution >= 4 is 11.8 Å². The lowest BCUT2D eigenvalue weighted by Crippen LogP contribution is -2.52. The molecule has 7 nitrogen and oxygen atoms in total. The summed E-state index contributed by atoms with van der Waals surface area (Å²) in [6.45, 7) is 11.3. The first kappa shape index (κ1) is 20.9. The van der Waals surface area contributed by atoms with E-state index < -0.39 is 0 Å². The van der Waals surface area contributed by atoms with Gasteiger partial charge in [-0.05, 0) is 52.9 Å². The van der Waals surface area contributed by atoms with Crippen molar-refractivity contribution in [2.75, 3.05) is 64.8 Å². The molecule has 0 saturated carbocycles. The number of hydrogen-bond acceptors (Lipinski definition) is 5. The van der Waals surface area contributed by atoms with Gasteiger partial charge in [0.2, 0.25) is 0 Å². The van der Waals surface area contributed by atoms with Crippen molar-refractivity contribution in [3.05, 3.63) is 23.9 Å². The first-order valence-electron chi connectivity index (χ1n) is 10.7. The Labute approximate surface area is 170 Å². The summed E-state index contributed by atoms with van der Waals surface area (Å²) in [6, 6.07) is 7.22. The zero-order valence-corrected chi connectivity index (χ0v) is 18.0. The van der Waals surface area contributed by atoms with Gasteiger partial charge in [-0.1, -0.05) is 6.07 Å². The number of aliphatic imine (C=N–C) groups is 1. The zero-order valence-electron chi connectivity index (χ0n) is 18.0. The Morgan fingerprint density at radius 2 is 1.96 bits per heavy atom. The summed E-state index contributed by atoms with van der Waals surface area (Å²) < 4.78 is 0. The molecule has 0 bridgehead atoms. The van der Waals surface area contributed by atoms with Crippen LogP contribution in [-0.2, 0) is 0 Å². The minimum absolute atomic E-state index is 0.464. The second-order valence-electron chi connectivity index (χ2n) is 8.16. The van der Waals surface area contributed by atoms with Crippen LogP contribution in [0.3, 0.4) is 0 Å². The Balaban J connectivity index is 1.52. The quantitative estimate of drug-likeness (QED) is 0.584. The molecule has 2 fully saturated rings. The standard InChI is InChI=1S/C21H37N7/c1-5-22-21(23-15-19-16-26(3)13-14-27(19)4)25-18-9-11-28(12-10-18)20-8-6-7-17(2)24-20/h6-8,18-19H,5,9-16H2,1-4H3,(H2,22,23,25). The zero-order chi connectivity index (χ0) is 19.9. The summed E-state index contributed by atoms with van der Waals surface area (Å²) in [5.74, 6) is 2.06. The Hall–Kier alpha value is -1.86. The summed E-state index contributed by atoms with van der Waals surface area (Å²) in [6.07, 6.45) is 2.21. The van der Waals surface area contributed by atoms with Crippen molar-refractivity contribution in [2.45, 2.75) is 38.8 Å². The van der Waals surface area contributed by atoms with Gasteiger partial charge in [0.1, 0.15) is 5.82 Å². The Morgan fingerprint density at radius 1 is 1.18 bits per heavy atom. The summed E-state index contributed by atoms with van der Waals surface area (Å²) in [7, 11) is 4.41. The van der Waals surface area contributed by atoms with E-state index in [1.807, 2.05) is 0 Å². The van der Waals surface area contributed by atoms with Crippen LogP contribution in [0.4, 0.5) is 5.82 Å². The molecule has 1 atom stereocenters. The van der Waals surface area contributed by atoms with Gasteiger partial charge in [0.15, 0.2) is 5.96 Å². The van der Waals surface area contributed by atoms with Crippen molar-refractivity contribution in [2.24, 2.45) is 4.99 Å². The van der Waals surface area contributed by atoms with E-state index in [0.717, 1.165) is 76.1 Å². The minimum Gasteiger partial charge on any atom is -0.357 e. The molecular weight excluding hydrogens is 350 g/mol. The Bertz CT molecular complexity index is 639. The number of anilines is 1. The minimum atomic E-state index is 0.464. The molecule has 0 aromatic carbocycles. The smallest absolute Gasteiger partial charge is 0.191 e. The second kappa shape index (κ2) is 10.1. The van der Waals surface area contributed by atoms with E-state index in [9.17, 15) is 0 Å². The normalized spacial score (nSPS) is 23.1. The molecule has 7 heteroatoms. The number of nitrogens with one attached hydrogen (secondary N) is 2. The fourth-order valence-electron chi connectivity index (χ4n) is 3.97. The molecule has 1 aromatic heterocycles. The number of hydrogen-bond donors (Lipinski definition) is 2. The van der Waals surface area contributed by atoms with Crippen LogP contribution in [0.15, 0.2) is 23.2 Å². The maximum Gasteiger partial charge on any atom is 0.191 e. The summed E-state index contributed by atoms with van der Waals surface area (Å²) in [5.41, 5.74) is 1.08. The molecule has 2 aliphatic heterocycles. The van der Waals surface area contributed by atoms with Gasteiger partial charge in [-0.2, -0.15) is 0 Å². The van der Waals surface area contributed by atoms with Crippen molar-refractivity contribution in [3.8, 4) is 0 Å². The SMILES string of the molecule is CCNC(=NCC1CN(C)CCN1C)NC1CCN(c2cccc(C)n2)CC1. The van der Waals surface area contributed by atoms with E-state index in [-0.39, 0.29) is 0 Å². The maximum absolute atomic E-state index is 4.91.